The van der Waals surface area contributed by atoms with Gasteiger partial charge in [0.25, 0.3) is 5.56 Å². The van der Waals surface area contributed by atoms with Crippen LogP contribution in [0.25, 0.3) is 33.4 Å². The Hall–Kier alpha value is -3.43. The number of aryl methyl sites for hydroxylation is 1. The Morgan fingerprint density at radius 1 is 1.09 bits per heavy atom. The summed E-state index contributed by atoms with van der Waals surface area (Å²) in [4.78, 5) is 17.5. The highest BCUT2D eigenvalue weighted by atomic mass is 19.4. The lowest BCUT2D eigenvalue weighted by molar-refractivity contribution is -0.141. The highest BCUT2D eigenvalue weighted by molar-refractivity contribution is 6.02. The van der Waals surface area contributed by atoms with Crippen LogP contribution in [0.1, 0.15) is 18.4 Å². The van der Waals surface area contributed by atoms with Crippen LogP contribution in [-0.2, 0) is 19.1 Å². The molecule has 2 aromatic carbocycles. The van der Waals surface area contributed by atoms with Crippen LogP contribution >= 0.6 is 0 Å². The van der Waals surface area contributed by atoms with Crippen molar-refractivity contribution in [2.24, 2.45) is 12.8 Å². The number of halogens is 3. The van der Waals surface area contributed by atoms with Crippen molar-refractivity contribution in [2.75, 3.05) is 0 Å². The summed E-state index contributed by atoms with van der Waals surface area (Å²) in [5.41, 5.74) is 8.94. The van der Waals surface area contributed by atoms with Gasteiger partial charge in [-0.15, -0.1) is 0 Å². The lowest BCUT2D eigenvalue weighted by Crippen LogP contribution is -2.51. The van der Waals surface area contributed by atoms with Crippen LogP contribution in [0.3, 0.4) is 0 Å². The van der Waals surface area contributed by atoms with Gasteiger partial charge in [-0.05, 0) is 29.5 Å². The highest BCUT2D eigenvalue weighted by Gasteiger charge is 2.41. The minimum absolute atomic E-state index is 0.136. The molecule has 0 bridgehead atoms. The molecule has 0 radical (unpaired) electrons. The summed E-state index contributed by atoms with van der Waals surface area (Å²) >= 11 is 0. The van der Waals surface area contributed by atoms with E-state index in [1.165, 1.54) is 0 Å². The van der Waals surface area contributed by atoms with Gasteiger partial charge < -0.3 is 15.4 Å². The summed E-state index contributed by atoms with van der Waals surface area (Å²) in [6, 6.07) is 16.6. The molecule has 1 aliphatic rings. The van der Waals surface area contributed by atoms with Gasteiger partial charge in [-0.2, -0.15) is 13.2 Å². The predicted octanol–water partition coefficient (Wildman–Crippen LogP) is 3.94. The average Bonchev–Trinajstić information content (AvgIpc) is 3.07. The van der Waals surface area contributed by atoms with Gasteiger partial charge in [-0.1, -0.05) is 54.6 Å². The summed E-state index contributed by atoms with van der Waals surface area (Å²) in [5, 5.41) is 9.82. The van der Waals surface area contributed by atoms with Crippen LogP contribution in [0.4, 0.5) is 13.2 Å². The van der Waals surface area contributed by atoms with Crippen LogP contribution in [0.5, 0.6) is 0 Å². The minimum atomic E-state index is -4.55. The molecule has 3 N–H and O–H groups in total. The molecule has 0 saturated heterocycles. The van der Waals surface area contributed by atoms with E-state index in [0.29, 0.717) is 39.9 Å². The van der Waals surface area contributed by atoms with Gasteiger partial charge in [-0.25, -0.2) is 4.98 Å². The topological polar surface area (TPSA) is 86.1 Å². The van der Waals surface area contributed by atoms with Gasteiger partial charge in [0, 0.05) is 18.2 Å². The third kappa shape index (κ3) is 3.70. The summed E-state index contributed by atoms with van der Waals surface area (Å²) in [7, 11) is 1.74. The van der Waals surface area contributed by atoms with Crippen LogP contribution in [0.15, 0.2) is 65.7 Å². The maximum atomic E-state index is 13.2. The van der Waals surface area contributed by atoms with Gasteiger partial charge in [0.1, 0.15) is 18.5 Å². The molecule has 4 aromatic rings. The summed E-state index contributed by atoms with van der Waals surface area (Å²) in [5.74, 6) is 0. The van der Waals surface area contributed by atoms with Crippen molar-refractivity contribution in [2.45, 2.75) is 37.2 Å². The molecule has 9 heteroatoms. The van der Waals surface area contributed by atoms with E-state index in [0.717, 1.165) is 17.5 Å². The van der Waals surface area contributed by atoms with E-state index in [9.17, 15) is 23.1 Å². The quantitative estimate of drug-likeness (QED) is 0.475. The zero-order chi connectivity index (χ0) is 24.3. The van der Waals surface area contributed by atoms with Gasteiger partial charge >= 0.3 is 6.18 Å². The fourth-order valence-corrected chi connectivity index (χ4v) is 4.85. The Morgan fingerprint density at radius 2 is 1.74 bits per heavy atom. The first-order valence-corrected chi connectivity index (χ1v) is 10.9. The number of hydrogen-bond donors (Lipinski definition) is 2. The lowest BCUT2D eigenvalue weighted by atomic mass is 9.70. The normalized spacial score (nSPS) is 20.5. The second kappa shape index (κ2) is 7.82. The van der Waals surface area contributed by atoms with Crippen LogP contribution in [-0.4, -0.2) is 31.5 Å². The van der Waals surface area contributed by atoms with Crippen molar-refractivity contribution in [3.05, 3.63) is 76.8 Å². The zero-order valence-corrected chi connectivity index (χ0v) is 18.4. The number of aliphatic hydroxyl groups is 1. The number of nitrogens with two attached hydrogens (primary N) is 1. The van der Waals surface area contributed by atoms with E-state index in [1.54, 1.807) is 11.6 Å². The van der Waals surface area contributed by atoms with Gasteiger partial charge in [0.15, 0.2) is 0 Å². The molecule has 2 aromatic heterocycles. The van der Waals surface area contributed by atoms with Crippen molar-refractivity contribution in [3.8, 4) is 22.4 Å². The monoisotopic (exact) mass is 468 g/mol. The fourth-order valence-electron chi connectivity index (χ4n) is 4.85. The molecule has 1 saturated carbocycles. The largest absolute Gasteiger partial charge is 0.406 e. The zero-order valence-electron chi connectivity index (χ0n) is 18.4. The Kier molecular flexibility index (Phi) is 5.14. The van der Waals surface area contributed by atoms with Crippen molar-refractivity contribution in [1.82, 2.24) is 14.1 Å². The second-order valence-corrected chi connectivity index (χ2v) is 8.94. The Labute approximate surface area is 193 Å². The molecular weight excluding hydrogens is 445 g/mol. The van der Waals surface area contributed by atoms with E-state index in [4.69, 9.17) is 5.73 Å². The molecule has 2 heterocycles. The minimum Gasteiger partial charge on any atom is -0.393 e. The number of fused-ring (bicyclic) bond motifs is 1. The van der Waals surface area contributed by atoms with Crippen molar-refractivity contribution in [3.63, 3.8) is 0 Å². The van der Waals surface area contributed by atoms with E-state index in [1.807, 2.05) is 54.6 Å². The average molecular weight is 468 g/mol. The summed E-state index contributed by atoms with van der Waals surface area (Å²) in [6.07, 6.45) is -3.04. The van der Waals surface area contributed by atoms with E-state index < -0.39 is 29.9 Å². The van der Waals surface area contributed by atoms with Gasteiger partial charge in [0.2, 0.25) is 0 Å². The van der Waals surface area contributed by atoms with Crippen LogP contribution in [0, 0.1) is 0 Å². The molecule has 5 rings (SSSR count). The number of nitrogens with zero attached hydrogens (tertiary/aromatic N) is 3. The van der Waals surface area contributed by atoms with Gasteiger partial charge in [-0.3, -0.25) is 9.36 Å². The number of benzene rings is 2. The number of rotatable bonds is 4. The smallest absolute Gasteiger partial charge is 0.393 e. The predicted molar refractivity (Wildman–Crippen MR) is 123 cm³/mol. The first kappa shape index (κ1) is 22.4. The number of alkyl halides is 3. The Morgan fingerprint density at radius 3 is 2.32 bits per heavy atom. The molecule has 1 aliphatic carbocycles. The van der Waals surface area contributed by atoms with Crippen molar-refractivity contribution in [1.29, 1.82) is 0 Å². The first-order valence-electron chi connectivity index (χ1n) is 10.9. The summed E-state index contributed by atoms with van der Waals surface area (Å²) < 4.78 is 41.5. The lowest BCUT2D eigenvalue weighted by Gasteiger charge is -2.42. The van der Waals surface area contributed by atoms with E-state index in [-0.39, 0.29) is 5.39 Å². The van der Waals surface area contributed by atoms with Crippen molar-refractivity contribution < 1.29 is 18.3 Å². The molecule has 0 amide bonds. The highest BCUT2D eigenvalue weighted by Crippen LogP contribution is 2.42. The maximum absolute atomic E-state index is 13.2. The molecule has 1 fully saturated rings. The molecule has 176 valence electrons. The third-order valence-corrected chi connectivity index (χ3v) is 6.50. The van der Waals surface area contributed by atoms with Gasteiger partial charge in [0.05, 0.1) is 17.2 Å². The molecule has 0 aliphatic heterocycles. The third-order valence-electron chi connectivity index (χ3n) is 6.50. The maximum Gasteiger partial charge on any atom is 0.406 e. The molecule has 6 nitrogen and oxygen atoms in total. The molecule has 0 spiro atoms. The first-order chi connectivity index (χ1) is 16.1. The standard InChI is InChI=1S/C25H23F3N4O2/c1-31-21(16-7-9-17(10-8-16)24(29)11-18(33)12-24)19(15-5-3-2-4-6-15)20-22(31)30-14-32(23(20)34)13-25(26,27)28/h2-10,14,18,33H,11-13,29H2,1H3. The Balaban J connectivity index is 1.73. The Bertz CT molecular complexity index is 1420. The molecular formula is C25H23F3N4O2. The second-order valence-electron chi connectivity index (χ2n) is 8.94. The molecule has 0 atom stereocenters. The fraction of sp³-hybridized carbons (Fsp3) is 0.280. The van der Waals surface area contributed by atoms with Crippen LogP contribution < -0.4 is 11.3 Å². The number of aromatic nitrogens is 3. The van der Waals surface area contributed by atoms with E-state index in [2.05, 4.69) is 4.98 Å². The van der Waals surface area contributed by atoms with E-state index >= 15 is 0 Å². The van der Waals surface area contributed by atoms with Crippen molar-refractivity contribution >= 4 is 11.0 Å². The summed E-state index contributed by atoms with van der Waals surface area (Å²) in [6.45, 7) is -1.41. The molecule has 34 heavy (non-hydrogen) atoms. The molecule has 0 unspecified atom stereocenters. The number of aliphatic hydroxyl groups excluding tert-OH is 1. The SMILES string of the molecule is Cn1c(-c2ccc(C3(N)CC(O)C3)cc2)c(-c2ccccc2)c2c(=O)n(CC(F)(F)F)cnc21. The van der Waals surface area contributed by atoms with Crippen LogP contribution in [0.2, 0.25) is 0 Å². The number of hydrogen-bond acceptors (Lipinski definition) is 4.